The Morgan fingerprint density at radius 2 is 1.94 bits per heavy atom. The molecule has 0 atom stereocenters. The highest BCUT2D eigenvalue weighted by molar-refractivity contribution is 9.10. The molecule has 1 heterocycles. The van der Waals surface area contributed by atoms with Gasteiger partial charge in [-0.3, -0.25) is 9.10 Å². The van der Waals surface area contributed by atoms with E-state index in [9.17, 15) is 13.2 Å². The lowest BCUT2D eigenvalue weighted by Crippen LogP contribution is -2.39. The first-order chi connectivity index (χ1) is 14.8. The molecule has 1 N–H and O–H groups in total. The van der Waals surface area contributed by atoms with Crippen LogP contribution in [0.3, 0.4) is 0 Å². The number of rotatable bonds is 8. The Morgan fingerprint density at radius 3 is 2.58 bits per heavy atom. The van der Waals surface area contributed by atoms with E-state index in [1.807, 2.05) is 0 Å². The average Bonchev–Trinajstić information content (AvgIpc) is 3.09. The minimum absolute atomic E-state index is 0.0602. The molecule has 3 rings (SSSR count). The minimum Gasteiger partial charge on any atom is -0.497 e. The van der Waals surface area contributed by atoms with Crippen LogP contribution in [0.25, 0.3) is 0 Å². The molecule has 0 bridgehead atoms. The molecule has 0 radical (unpaired) electrons. The van der Waals surface area contributed by atoms with Crippen molar-refractivity contribution in [3.8, 4) is 5.75 Å². The summed E-state index contributed by atoms with van der Waals surface area (Å²) in [6.07, 6.45) is 1.33. The Hall–Kier alpha value is -3.11. The van der Waals surface area contributed by atoms with Gasteiger partial charge in [0.15, 0.2) is 0 Å². The first-order valence-corrected chi connectivity index (χ1v) is 11.3. The van der Waals surface area contributed by atoms with E-state index in [0.29, 0.717) is 17.3 Å². The summed E-state index contributed by atoms with van der Waals surface area (Å²) in [5, 5.41) is 3.85. The molecule has 0 saturated heterocycles. The standard InChI is InChI=1S/C21H20BrN3O5S/c1-15-20(22)12-18(30-15)13-23-24-21(26)14-25(16-7-6-8-17(11-16)29-2)31(27,28)19-9-4-3-5-10-19/h3-13H,14H2,1-2H3,(H,24,26)/b23-13-. The molecule has 162 valence electrons. The molecule has 0 unspecified atom stereocenters. The largest absolute Gasteiger partial charge is 0.497 e. The monoisotopic (exact) mass is 505 g/mol. The number of carbonyl (C=O) groups excluding carboxylic acids is 1. The zero-order valence-corrected chi connectivity index (χ0v) is 19.2. The second kappa shape index (κ2) is 9.80. The summed E-state index contributed by atoms with van der Waals surface area (Å²) in [5.74, 6) is 0.945. The molecule has 10 heteroatoms. The Balaban J connectivity index is 1.85. The summed E-state index contributed by atoms with van der Waals surface area (Å²) in [7, 11) is -2.54. The third-order valence-electron chi connectivity index (χ3n) is 4.22. The minimum atomic E-state index is -4.01. The molecule has 0 aliphatic carbocycles. The Morgan fingerprint density at radius 1 is 1.19 bits per heavy atom. The highest BCUT2D eigenvalue weighted by atomic mass is 79.9. The van der Waals surface area contributed by atoms with E-state index in [2.05, 4.69) is 26.5 Å². The van der Waals surface area contributed by atoms with Crippen molar-refractivity contribution in [2.24, 2.45) is 5.10 Å². The van der Waals surface area contributed by atoms with E-state index < -0.39 is 22.5 Å². The van der Waals surface area contributed by atoms with Gasteiger partial charge in [0.2, 0.25) is 0 Å². The number of anilines is 1. The van der Waals surface area contributed by atoms with Crippen molar-refractivity contribution in [2.45, 2.75) is 11.8 Å². The van der Waals surface area contributed by atoms with Crippen molar-refractivity contribution < 1.29 is 22.4 Å². The number of hydrazone groups is 1. The quantitative estimate of drug-likeness (QED) is 0.371. The van der Waals surface area contributed by atoms with Gasteiger partial charge < -0.3 is 9.15 Å². The number of nitrogens with zero attached hydrogens (tertiary/aromatic N) is 2. The number of hydrogen-bond donors (Lipinski definition) is 1. The number of aryl methyl sites for hydroxylation is 1. The zero-order valence-electron chi connectivity index (χ0n) is 16.8. The highest BCUT2D eigenvalue weighted by Gasteiger charge is 2.27. The first kappa shape index (κ1) is 22.6. The lowest BCUT2D eigenvalue weighted by molar-refractivity contribution is -0.119. The molecule has 8 nitrogen and oxygen atoms in total. The SMILES string of the molecule is COc1cccc(N(CC(=O)N/N=C\c2cc(Br)c(C)o2)S(=O)(=O)c2ccccc2)c1. The number of ether oxygens (including phenoxy) is 1. The second-order valence-corrected chi connectivity index (χ2v) is 9.09. The number of halogens is 1. The van der Waals surface area contributed by atoms with Gasteiger partial charge in [0, 0.05) is 12.1 Å². The van der Waals surface area contributed by atoms with Crippen LogP contribution in [0.5, 0.6) is 5.75 Å². The van der Waals surface area contributed by atoms with E-state index in [1.165, 1.54) is 25.5 Å². The molecular formula is C21H20BrN3O5S. The number of nitrogens with one attached hydrogen (secondary N) is 1. The normalized spacial score (nSPS) is 11.5. The number of hydrogen-bond acceptors (Lipinski definition) is 6. The first-order valence-electron chi connectivity index (χ1n) is 9.11. The Bertz CT molecular complexity index is 1170. The summed E-state index contributed by atoms with van der Waals surface area (Å²) < 4.78 is 38.9. The van der Waals surface area contributed by atoms with Crippen molar-refractivity contribution in [3.63, 3.8) is 0 Å². The van der Waals surface area contributed by atoms with E-state index >= 15 is 0 Å². The van der Waals surface area contributed by atoms with Gasteiger partial charge >= 0.3 is 0 Å². The van der Waals surface area contributed by atoms with Gasteiger partial charge in [0.1, 0.15) is 23.8 Å². The summed E-state index contributed by atoms with van der Waals surface area (Å²) in [6.45, 7) is 1.29. The van der Waals surface area contributed by atoms with Gasteiger partial charge in [-0.2, -0.15) is 5.10 Å². The maximum Gasteiger partial charge on any atom is 0.264 e. The van der Waals surface area contributed by atoms with E-state index in [-0.39, 0.29) is 10.6 Å². The lowest BCUT2D eigenvalue weighted by atomic mass is 10.3. The van der Waals surface area contributed by atoms with Crippen LogP contribution in [0.4, 0.5) is 5.69 Å². The van der Waals surface area contributed by atoms with E-state index in [4.69, 9.17) is 9.15 Å². The van der Waals surface area contributed by atoms with E-state index in [0.717, 1.165) is 8.78 Å². The summed E-state index contributed by atoms with van der Waals surface area (Å²) >= 11 is 3.32. The molecule has 1 amide bonds. The van der Waals surface area contributed by atoms with Crippen LogP contribution in [0, 0.1) is 6.92 Å². The smallest absolute Gasteiger partial charge is 0.264 e. The third-order valence-corrected chi connectivity index (χ3v) is 6.79. The lowest BCUT2D eigenvalue weighted by Gasteiger charge is -2.24. The molecule has 0 fully saturated rings. The molecule has 2 aromatic carbocycles. The molecule has 0 aliphatic rings. The summed E-state index contributed by atoms with van der Waals surface area (Å²) in [4.78, 5) is 12.6. The van der Waals surface area contributed by atoms with Crippen LogP contribution in [0.1, 0.15) is 11.5 Å². The fraction of sp³-hybridized carbons (Fsp3) is 0.143. The van der Waals surface area contributed by atoms with Crippen LogP contribution in [0.15, 0.2) is 79.6 Å². The average molecular weight is 506 g/mol. The number of methoxy groups -OCH3 is 1. The summed E-state index contributed by atoms with van der Waals surface area (Å²) in [6, 6.07) is 16.0. The number of carbonyl (C=O) groups is 1. The third kappa shape index (κ3) is 5.53. The summed E-state index contributed by atoms with van der Waals surface area (Å²) in [5.41, 5.74) is 2.62. The maximum absolute atomic E-state index is 13.2. The molecule has 1 aromatic heterocycles. The van der Waals surface area contributed by atoms with Crippen LogP contribution in [0.2, 0.25) is 0 Å². The molecule has 0 aliphatic heterocycles. The van der Waals surface area contributed by atoms with Crippen molar-refractivity contribution in [1.82, 2.24) is 5.43 Å². The number of sulfonamides is 1. The van der Waals surface area contributed by atoms with Crippen LogP contribution in [-0.2, 0) is 14.8 Å². The fourth-order valence-corrected chi connectivity index (χ4v) is 4.42. The van der Waals surface area contributed by atoms with E-state index in [1.54, 1.807) is 55.5 Å². The van der Waals surface area contributed by atoms with Gasteiger partial charge in [0.25, 0.3) is 15.9 Å². The van der Waals surface area contributed by atoms with Crippen molar-refractivity contribution in [3.05, 3.63) is 76.7 Å². The molecular weight excluding hydrogens is 486 g/mol. The molecule has 0 spiro atoms. The topological polar surface area (TPSA) is 101 Å². The van der Waals surface area contributed by atoms with Crippen molar-refractivity contribution in [2.75, 3.05) is 18.0 Å². The Labute approximate surface area is 188 Å². The van der Waals surface area contributed by atoms with Gasteiger partial charge in [-0.05, 0) is 47.1 Å². The van der Waals surface area contributed by atoms with Crippen LogP contribution >= 0.6 is 15.9 Å². The van der Waals surface area contributed by atoms with Crippen molar-refractivity contribution >= 4 is 43.8 Å². The maximum atomic E-state index is 13.2. The fourth-order valence-electron chi connectivity index (χ4n) is 2.68. The van der Waals surface area contributed by atoms with Crippen molar-refractivity contribution in [1.29, 1.82) is 0 Å². The Kier molecular flexibility index (Phi) is 7.13. The second-order valence-electron chi connectivity index (χ2n) is 6.37. The highest BCUT2D eigenvalue weighted by Crippen LogP contribution is 2.26. The van der Waals surface area contributed by atoms with Gasteiger partial charge in [-0.15, -0.1) is 0 Å². The molecule has 3 aromatic rings. The predicted molar refractivity (Wildman–Crippen MR) is 121 cm³/mol. The van der Waals surface area contributed by atoms with Crippen LogP contribution in [-0.4, -0.2) is 34.2 Å². The number of benzene rings is 2. The van der Waals surface area contributed by atoms with Gasteiger partial charge in [0.05, 0.1) is 28.4 Å². The molecule has 0 saturated carbocycles. The number of furan rings is 1. The van der Waals surface area contributed by atoms with Gasteiger partial charge in [-0.25, -0.2) is 13.8 Å². The van der Waals surface area contributed by atoms with Gasteiger partial charge in [-0.1, -0.05) is 24.3 Å². The zero-order chi connectivity index (χ0) is 22.4. The molecule has 31 heavy (non-hydrogen) atoms. The number of amides is 1. The predicted octanol–water partition coefficient (Wildman–Crippen LogP) is 3.70. The van der Waals surface area contributed by atoms with Crippen LogP contribution < -0.4 is 14.5 Å².